The van der Waals surface area contributed by atoms with Gasteiger partial charge >= 0.3 is 0 Å². The summed E-state index contributed by atoms with van der Waals surface area (Å²) in [6.45, 7) is 1.99. The lowest BCUT2D eigenvalue weighted by Gasteiger charge is -2.25. The van der Waals surface area contributed by atoms with Gasteiger partial charge in [0.15, 0.2) is 10.9 Å². The maximum Gasteiger partial charge on any atom is 0.293 e. The smallest absolute Gasteiger partial charge is 0.293 e. The summed E-state index contributed by atoms with van der Waals surface area (Å²) in [6.07, 6.45) is 1.62. The molecule has 0 saturated carbocycles. The molecule has 0 aliphatic rings. The quantitative estimate of drug-likeness (QED) is 0.718. The summed E-state index contributed by atoms with van der Waals surface area (Å²) in [5, 5.41) is 4.88. The average molecular weight is 369 g/mol. The van der Waals surface area contributed by atoms with E-state index in [-0.39, 0.29) is 30.0 Å². The van der Waals surface area contributed by atoms with Crippen LogP contribution in [0.15, 0.2) is 58.5 Å². The van der Waals surface area contributed by atoms with Crippen molar-refractivity contribution in [2.75, 3.05) is 12.4 Å². The van der Waals surface area contributed by atoms with Crippen LogP contribution in [0.2, 0.25) is 0 Å². The van der Waals surface area contributed by atoms with Gasteiger partial charge in [0, 0.05) is 12.4 Å². The summed E-state index contributed by atoms with van der Waals surface area (Å²) in [7, 11) is 1.78. The number of anilines is 1. The van der Waals surface area contributed by atoms with Crippen LogP contribution in [-0.2, 0) is 11.2 Å². The molecule has 1 atom stereocenters. The zero-order valence-corrected chi connectivity index (χ0v) is 15.3. The maximum atomic E-state index is 12.5. The molecular formula is C19H19N3O3S. The summed E-state index contributed by atoms with van der Waals surface area (Å²) in [5.41, 5.74) is 1.70. The van der Waals surface area contributed by atoms with E-state index in [1.807, 2.05) is 37.3 Å². The fraction of sp³-hybridized carbons (Fsp3) is 0.211. The second kappa shape index (κ2) is 7.97. The molecule has 0 radical (unpaired) electrons. The van der Waals surface area contributed by atoms with E-state index < -0.39 is 0 Å². The zero-order valence-electron chi connectivity index (χ0n) is 14.5. The van der Waals surface area contributed by atoms with Crippen molar-refractivity contribution in [1.82, 2.24) is 9.88 Å². The fourth-order valence-corrected chi connectivity index (χ4v) is 3.17. The van der Waals surface area contributed by atoms with E-state index in [1.165, 1.54) is 17.6 Å². The number of hydrogen-bond acceptors (Lipinski definition) is 5. The highest BCUT2D eigenvalue weighted by Gasteiger charge is 2.19. The van der Waals surface area contributed by atoms with Crippen molar-refractivity contribution in [3.05, 3.63) is 71.1 Å². The minimum absolute atomic E-state index is 0.0274. The molecule has 3 rings (SSSR count). The van der Waals surface area contributed by atoms with Crippen LogP contribution in [-0.4, -0.2) is 28.7 Å². The maximum absolute atomic E-state index is 12.5. The van der Waals surface area contributed by atoms with Gasteiger partial charge in [0.05, 0.1) is 24.4 Å². The van der Waals surface area contributed by atoms with E-state index in [2.05, 4.69) is 10.3 Å². The van der Waals surface area contributed by atoms with Gasteiger partial charge < -0.3 is 9.32 Å². The second-order valence-electron chi connectivity index (χ2n) is 5.84. The summed E-state index contributed by atoms with van der Waals surface area (Å²) in [6, 6.07) is 13.1. The average Bonchev–Trinajstić information content (AvgIpc) is 3.33. The third-order valence-corrected chi connectivity index (χ3v) is 4.91. The lowest BCUT2D eigenvalue weighted by molar-refractivity contribution is -0.131. The number of aromatic nitrogens is 1. The van der Waals surface area contributed by atoms with Crippen molar-refractivity contribution >= 4 is 28.3 Å². The molecule has 2 aromatic heterocycles. The number of carbonyl (C=O) groups excluding carboxylic acids is 2. The van der Waals surface area contributed by atoms with Crippen LogP contribution in [0.3, 0.4) is 0 Å². The first kappa shape index (κ1) is 17.9. The molecule has 2 heterocycles. The molecule has 0 saturated heterocycles. The SMILES string of the molecule is CC(c1ccccc1)N(C)C(=O)Cc1csc(NC(=O)c2ccco2)n1. The number of furan rings is 1. The van der Waals surface area contributed by atoms with Crippen molar-refractivity contribution in [3.8, 4) is 0 Å². The number of carbonyl (C=O) groups is 2. The van der Waals surface area contributed by atoms with E-state index in [1.54, 1.807) is 29.5 Å². The first-order valence-electron chi connectivity index (χ1n) is 8.14. The third-order valence-electron chi connectivity index (χ3n) is 4.11. The molecule has 26 heavy (non-hydrogen) atoms. The Bertz CT molecular complexity index is 875. The van der Waals surface area contributed by atoms with Crippen LogP contribution >= 0.6 is 11.3 Å². The number of nitrogens with zero attached hydrogens (tertiary/aromatic N) is 2. The Hall–Kier alpha value is -2.93. The minimum atomic E-state index is -0.364. The molecule has 0 aliphatic carbocycles. The molecule has 3 aromatic rings. The van der Waals surface area contributed by atoms with Crippen LogP contribution in [0.4, 0.5) is 5.13 Å². The van der Waals surface area contributed by atoms with Gasteiger partial charge in [-0.25, -0.2) is 4.98 Å². The molecule has 0 bridgehead atoms. The van der Waals surface area contributed by atoms with Crippen molar-refractivity contribution < 1.29 is 14.0 Å². The summed E-state index contributed by atoms with van der Waals surface area (Å²) in [5.74, 6) is -0.179. The molecule has 1 unspecified atom stereocenters. The Morgan fingerprint density at radius 3 is 2.69 bits per heavy atom. The summed E-state index contributed by atoms with van der Waals surface area (Å²) in [4.78, 5) is 30.5. The lowest BCUT2D eigenvalue weighted by Crippen LogP contribution is -2.31. The zero-order chi connectivity index (χ0) is 18.5. The van der Waals surface area contributed by atoms with E-state index in [0.29, 0.717) is 10.8 Å². The van der Waals surface area contributed by atoms with Gasteiger partial charge in [0.1, 0.15) is 0 Å². The number of hydrogen-bond donors (Lipinski definition) is 1. The molecule has 2 amide bonds. The molecule has 1 N–H and O–H groups in total. The highest BCUT2D eigenvalue weighted by molar-refractivity contribution is 7.14. The topological polar surface area (TPSA) is 75.4 Å². The Kier molecular flexibility index (Phi) is 5.48. The second-order valence-corrected chi connectivity index (χ2v) is 6.70. The number of amides is 2. The van der Waals surface area contributed by atoms with E-state index in [0.717, 1.165) is 5.56 Å². The third kappa shape index (κ3) is 4.18. The van der Waals surface area contributed by atoms with Gasteiger partial charge in [-0.05, 0) is 24.6 Å². The minimum Gasteiger partial charge on any atom is -0.459 e. The predicted molar refractivity (Wildman–Crippen MR) is 100 cm³/mol. The Labute approximate surface area is 155 Å². The van der Waals surface area contributed by atoms with Gasteiger partial charge in [0.25, 0.3) is 5.91 Å². The largest absolute Gasteiger partial charge is 0.459 e. The molecule has 6 nitrogen and oxygen atoms in total. The highest BCUT2D eigenvalue weighted by atomic mass is 32.1. The van der Waals surface area contributed by atoms with Gasteiger partial charge in [-0.15, -0.1) is 11.3 Å². The molecule has 0 fully saturated rings. The van der Waals surface area contributed by atoms with Crippen molar-refractivity contribution in [2.24, 2.45) is 0 Å². The Morgan fingerprint density at radius 1 is 1.23 bits per heavy atom. The number of rotatable bonds is 6. The molecule has 0 spiro atoms. The Morgan fingerprint density at radius 2 is 2.00 bits per heavy atom. The molecular weight excluding hydrogens is 350 g/mol. The van der Waals surface area contributed by atoms with Crippen LogP contribution in [0.25, 0.3) is 0 Å². The van der Waals surface area contributed by atoms with Gasteiger partial charge in [-0.1, -0.05) is 30.3 Å². The number of likely N-dealkylation sites (N-methyl/N-ethyl adjacent to an activating group) is 1. The van der Waals surface area contributed by atoms with Crippen LogP contribution < -0.4 is 5.32 Å². The standard InChI is InChI=1S/C19H19N3O3S/c1-13(14-7-4-3-5-8-14)22(2)17(23)11-15-12-26-19(20-15)21-18(24)16-9-6-10-25-16/h3-10,12-13H,11H2,1-2H3,(H,20,21,24). The number of nitrogens with one attached hydrogen (secondary N) is 1. The Balaban J connectivity index is 1.59. The van der Waals surface area contributed by atoms with E-state index >= 15 is 0 Å². The van der Waals surface area contributed by atoms with Gasteiger partial charge in [-0.3, -0.25) is 14.9 Å². The van der Waals surface area contributed by atoms with E-state index in [4.69, 9.17) is 4.42 Å². The summed E-state index contributed by atoms with van der Waals surface area (Å²) < 4.78 is 5.04. The molecule has 1 aromatic carbocycles. The van der Waals surface area contributed by atoms with Crippen LogP contribution in [0.1, 0.15) is 34.8 Å². The monoisotopic (exact) mass is 369 g/mol. The van der Waals surface area contributed by atoms with Crippen LogP contribution in [0.5, 0.6) is 0 Å². The number of thiazole rings is 1. The van der Waals surface area contributed by atoms with Gasteiger partial charge in [-0.2, -0.15) is 0 Å². The van der Waals surface area contributed by atoms with Crippen molar-refractivity contribution in [2.45, 2.75) is 19.4 Å². The van der Waals surface area contributed by atoms with Crippen LogP contribution in [0, 0.1) is 0 Å². The predicted octanol–water partition coefficient (Wildman–Crippen LogP) is 3.75. The highest BCUT2D eigenvalue weighted by Crippen LogP contribution is 2.21. The van der Waals surface area contributed by atoms with E-state index in [9.17, 15) is 9.59 Å². The number of benzene rings is 1. The molecule has 134 valence electrons. The lowest BCUT2D eigenvalue weighted by atomic mass is 10.1. The first-order chi connectivity index (χ1) is 12.5. The molecule has 0 aliphatic heterocycles. The molecule has 7 heteroatoms. The first-order valence-corrected chi connectivity index (χ1v) is 9.02. The summed E-state index contributed by atoms with van der Waals surface area (Å²) >= 11 is 1.28. The normalized spacial score (nSPS) is 11.8. The van der Waals surface area contributed by atoms with Crippen molar-refractivity contribution in [1.29, 1.82) is 0 Å². The van der Waals surface area contributed by atoms with Gasteiger partial charge in [0.2, 0.25) is 5.91 Å². The fourth-order valence-electron chi connectivity index (χ4n) is 2.46. The van der Waals surface area contributed by atoms with Crippen molar-refractivity contribution in [3.63, 3.8) is 0 Å².